The van der Waals surface area contributed by atoms with Crippen LogP contribution >= 0.6 is 11.8 Å². The summed E-state index contributed by atoms with van der Waals surface area (Å²) in [5, 5.41) is 9.21. The lowest BCUT2D eigenvalue weighted by Gasteiger charge is -2.20. The van der Waals surface area contributed by atoms with Crippen LogP contribution in [-0.4, -0.2) is 26.8 Å². The predicted octanol–water partition coefficient (Wildman–Crippen LogP) is 2.44. The average molecular weight is 238 g/mol. The molecule has 5 heteroatoms. The number of carbonyl (C=O) groups is 1. The van der Waals surface area contributed by atoms with E-state index in [2.05, 4.69) is 9.97 Å². The van der Waals surface area contributed by atoms with Gasteiger partial charge in [0.2, 0.25) is 0 Å². The SMILES string of the molecule is Cc1cc(C(=O)O)nc(C2CCCCS2)n1. The molecule has 1 unspecified atom stereocenters. The number of aromatic carboxylic acids is 1. The molecule has 0 aromatic carbocycles. The molecule has 0 bridgehead atoms. The van der Waals surface area contributed by atoms with Crippen molar-refractivity contribution in [2.24, 2.45) is 0 Å². The lowest BCUT2D eigenvalue weighted by molar-refractivity contribution is 0.0689. The van der Waals surface area contributed by atoms with Crippen LogP contribution in [0.2, 0.25) is 0 Å². The molecular weight excluding hydrogens is 224 g/mol. The number of aryl methyl sites for hydroxylation is 1. The molecule has 2 heterocycles. The van der Waals surface area contributed by atoms with Gasteiger partial charge in [-0.1, -0.05) is 6.42 Å². The summed E-state index contributed by atoms with van der Waals surface area (Å²) in [6.07, 6.45) is 3.46. The number of carboxylic acid groups (broad SMARTS) is 1. The summed E-state index contributed by atoms with van der Waals surface area (Å²) in [6, 6.07) is 1.51. The Morgan fingerprint density at radius 1 is 1.50 bits per heavy atom. The summed E-state index contributed by atoms with van der Waals surface area (Å²) < 4.78 is 0. The average Bonchev–Trinajstić information content (AvgIpc) is 2.29. The number of aromatic nitrogens is 2. The molecule has 0 aliphatic carbocycles. The summed E-state index contributed by atoms with van der Waals surface area (Å²) in [6.45, 7) is 1.81. The summed E-state index contributed by atoms with van der Waals surface area (Å²) in [5.74, 6) is 0.819. The smallest absolute Gasteiger partial charge is 0.354 e. The summed E-state index contributed by atoms with van der Waals surface area (Å²) in [5.41, 5.74) is 0.835. The maximum Gasteiger partial charge on any atom is 0.354 e. The number of thioether (sulfide) groups is 1. The van der Waals surface area contributed by atoms with Crippen LogP contribution in [0.15, 0.2) is 6.07 Å². The van der Waals surface area contributed by atoms with Crippen molar-refractivity contribution in [3.63, 3.8) is 0 Å². The minimum absolute atomic E-state index is 0.105. The largest absolute Gasteiger partial charge is 0.477 e. The van der Waals surface area contributed by atoms with Gasteiger partial charge >= 0.3 is 5.97 Å². The molecule has 1 aromatic rings. The second kappa shape index (κ2) is 4.82. The molecule has 0 amide bonds. The van der Waals surface area contributed by atoms with E-state index in [1.165, 1.54) is 18.9 Å². The van der Waals surface area contributed by atoms with Crippen LogP contribution in [0, 0.1) is 6.92 Å². The highest BCUT2D eigenvalue weighted by molar-refractivity contribution is 7.99. The fourth-order valence-electron chi connectivity index (χ4n) is 1.79. The van der Waals surface area contributed by atoms with Crippen molar-refractivity contribution >= 4 is 17.7 Å². The second-order valence-corrected chi connectivity index (χ2v) is 5.22. The first-order valence-electron chi connectivity index (χ1n) is 5.37. The van der Waals surface area contributed by atoms with Gasteiger partial charge in [-0.05, 0) is 31.6 Å². The van der Waals surface area contributed by atoms with E-state index >= 15 is 0 Å². The minimum atomic E-state index is -0.979. The van der Waals surface area contributed by atoms with Gasteiger partial charge in [0, 0.05) is 5.69 Å². The lowest BCUT2D eigenvalue weighted by Crippen LogP contribution is -2.11. The van der Waals surface area contributed by atoms with Crippen molar-refractivity contribution in [1.29, 1.82) is 0 Å². The number of hydrogen-bond donors (Lipinski definition) is 1. The van der Waals surface area contributed by atoms with Crippen LogP contribution in [-0.2, 0) is 0 Å². The fraction of sp³-hybridized carbons (Fsp3) is 0.545. The van der Waals surface area contributed by atoms with Crippen LogP contribution in [0.25, 0.3) is 0 Å². The van der Waals surface area contributed by atoms with Crippen LogP contribution in [0.5, 0.6) is 0 Å². The van der Waals surface area contributed by atoms with Crippen molar-refractivity contribution in [1.82, 2.24) is 9.97 Å². The predicted molar refractivity (Wildman–Crippen MR) is 62.8 cm³/mol. The van der Waals surface area contributed by atoms with Crippen LogP contribution in [0.1, 0.15) is 46.5 Å². The third-order valence-electron chi connectivity index (χ3n) is 2.56. The first-order valence-corrected chi connectivity index (χ1v) is 6.42. The zero-order chi connectivity index (χ0) is 11.5. The molecule has 1 aliphatic rings. The quantitative estimate of drug-likeness (QED) is 0.857. The first-order chi connectivity index (χ1) is 7.66. The van der Waals surface area contributed by atoms with E-state index in [0.717, 1.165) is 17.9 Å². The van der Waals surface area contributed by atoms with E-state index < -0.39 is 5.97 Å². The maximum atomic E-state index is 10.9. The zero-order valence-electron chi connectivity index (χ0n) is 9.14. The summed E-state index contributed by atoms with van der Waals surface area (Å²) >= 11 is 1.83. The highest BCUT2D eigenvalue weighted by Crippen LogP contribution is 2.36. The molecule has 0 spiro atoms. The number of nitrogens with zero attached hydrogens (tertiary/aromatic N) is 2. The van der Waals surface area contributed by atoms with E-state index in [1.807, 2.05) is 18.7 Å². The van der Waals surface area contributed by atoms with E-state index in [4.69, 9.17) is 5.11 Å². The molecule has 1 N–H and O–H groups in total. The Kier molecular flexibility index (Phi) is 3.43. The fourth-order valence-corrected chi connectivity index (χ4v) is 3.03. The van der Waals surface area contributed by atoms with Gasteiger partial charge in [0.05, 0.1) is 5.25 Å². The first kappa shape index (κ1) is 11.4. The highest BCUT2D eigenvalue weighted by atomic mass is 32.2. The normalized spacial score (nSPS) is 20.7. The second-order valence-electron chi connectivity index (χ2n) is 3.91. The topological polar surface area (TPSA) is 63.1 Å². The van der Waals surface area contributed by atoms with E-state index in [0.29, 0.717) is 5.82 Å². The van der Waals surface area contributed by atoms with Gasteiger partial charge in [-0.2, -0.15) is 11.8 Å². The zero-order valence-corrected chi connectivity index (χ0v) is 9.96. The van der Waals surface area contributed by atoms with Crippen molar-refractivity contribution in [2.45, 2.75) is 31.4 Å². The Morgan fingerprint density at radius 2 is 2.31 bits per heavy atom. The van der Waals surface area contributed by atoms with Crippen molar-refractivity contribution in [2.75, 3.05) is 5.75 Å². The van der Waals surface area contributed by atoms with E-state index in [1.54, 1.807) is 0 Å². The van der Waals surface area contributed by atoms with E-state index in [-0.39, 0.29) is 10.9 Å². The summed E-state index contributed by atoms with van der Waals surface area (Å²) in [7, 11) is 0. The number of carboxylic acids is 1. The van der Waals surface area contributed by atoms with Crippen LogP contribution < -0.4 is 0 Å². The molecule has 2 rings (SSSR count). The Bertz CT molecular complexity index is 403. The summed E-state index contributed by atoms with van der Waals surface area (Å²) in [4.78, 5) is 19.4. The molecule has 1 saturated heterocycles. The Balaban J connectivity index is 2.28. The van der Waals surface area contributed by atoms with Crippen LogP contribution in [0.4, 0.5) is 0 Å². The molecule has 1 atom stereocenters. The molecule has 86 valence electrons. The van der Waals surface area contributed by atoms with Crippen LogP contribution in [0.3, 0.4) is 0 Å². The number of hydrogen-bond acceptors (Lipinski definition) is 4. The Morgan fingerprint density at radius 3 is 2.94 bits per heavy atom. The highest BCUT2D eigenvalue weighted by Gasteiger charge is 2.20. The molecular formula is C11H14N2O2S. The van der Waals surface area contributed by atoms with Gasteiger partial charge in [0.25, 0.3) is 0 Å². The Hall–Kier alpha value is -1.10. The van der Waals surface area contributed by atoms with Gasteiger partial charge in [0.15, 0.2) is 5.69 Å². The van der Waals surface area contributed by atoms with Gasteiger partial charge in [0.1, 0.15) is 5.82 Å². The third-order valence-corrected chi connectivity index (χ3v) is 3.93. The molecule has 1 aliphatic heterocycles. The molecule has 1 fully saturated rings. The Labute approximate surface area is 98.5 Å². The van der Waals surface area contributed by atoms with E-state index in [9.17, 15) is 4.79 Å². The monoisotopic (exact) mass is 238 g/mol. The standard InChI is InChI=1S/C11H14N2O2S/c1-7-6-8(11(14)15)13-10(12-7)9-4-2-3-5-16-9/h6,9H,2-5H2,1H3,(H,14,15). The minimum Gasteiger partial charge on any atom is -0.477 e. The maximum absolute atomic E-state index is 10.9. The van der Waals surface area contributed by atoms with Crippen molar-refractivity contribution in [3.05, 3.63) is 23.3 Å². The van der Waals surface area contributed by atoms with Gasteiger partial charge in [-0.15, -0.1) is 0 Å². The molecule has 0 saturated carbocycles. The number of rotatable bonds is 2. The van der Waals surface area contributed by atoms with Gasteiger partial charge < -0.3 is 5.11 Å². The molecule has 1 aromatic heterocycles. The lowest BCUT2D eigenvalue weighted by atomic mass is 10.1. The van der Waals surface area contributed by atoms with Crippen molar-refractivity contribution in [3.8, 4) is 0 Å². The molecule has 4 nitrogen and oxygen atoms in total. The van der Waals surface area contributed by atoms with Gasteiger partial charge in [-0.3, -0.25) is 0 Å². The third kappa shape index (κ3) is 2.52. The van der Waals surface area contributed by atoms with Crippen molar-refractivity contribution < 1.29 is 9.90 Å². The van der Waals surface area contributed by atoms with Gasteiger partial charge in [-0.25, -0.2) is 14.8 Å². The molecule has 0 radical (unpaired) electrons. The molecule has 16 heavy (non-hydrogen) atoms.